The smallest absolute Gasteiger partial charge is 0.153 e. The van der Waals surface area contributed by atoms with Crippen LogP contribution in [0.5, 0.6) is 0 Å². The first-order valence-corrected chi connectivity index (χ1v) is 7.20. The van der Waals surface area contributed by atoms with Crippen LogP contribution in [0, 0.1) is 0 Å². The standard InChI is InChI=1S/C12H16O3S/c1-12(7-8-16(13,14)10-12)15-9-11-5-3-2-4-6-11/h2-6H,7-10H2,1H3/t12-/m1/s1. The summed E-state index contributed by atoms with van der Waals surface area (Å²) < 4.78 is 28.5. The molecule has 0 amide bonds. The molecular weight excluding hydrogens is 224 g/mol. The van der Waals surface area contributed by atoms with E-state index in [1.54, 1.807) is 0 Å². The Hall–Kier alpha value is -0.870. The highest BCUT2D eigenvalue weighted by atomic mass is 32.2. The normalized spacial score (nSPS) is 28.1. The first kappa shape index (κ1) is 11.6. The van der Waals surface area contributed by atoms with Crippen molar-refractivity contribution in [3.8, 4) is 0 Å². The Labute approximate surface area is 96.4 Å². The molecule has 2 rings (SSSR count). The lowest BCUT2D eigenvalue weighted by molar-refractivity contribution is -0.0233. The molecule has 16 heavy (non-hydrogen) atoms. The van der Waals surface area contributed by atoms with Crippen LogP contribution in [-0.4, -0.2) is 25.5 Å². The van der Waals surface area contributed by atoms with E-state index in [9.17, 15) is 8.42 Å². The van der Waals surface area contributed by atoms with Gasteiger partial charge in [0.1, 0.15) is 0 Å². The van der Waals surface area contributed by atoms with Crippen LogP contribution in [-0.2, 0) is 21.2 Å². The summed E-state index contributed by atoms with van der Waals surface area (Å²) in [6, 6.07) is 9.81. The van der Waals surface area contributed by atoms with E-state index in [0.717, 1.165) is 5.56 Å². The van der Waals surface area contributed by atoms with Gasteiger partial charge in [-0.3, -0.25) is 0 Å². The van der Waals surface area contributed by atoms with Crippen LogP contribution in [0.2, 0.25) is 0 Å². The summed E-state index contributed by atoms with van der Waals surface area (Å²) in [5.74, 6) is 0.394. The Morgan fingerprint density at radius 1 is 1.31 bits per heavy atom. The van der Waals surface area contributed by atoms with E-state index in [1.165, 1.54) is 0 Å². The average Bonchev–Trinajstić information content (AvgIpc) is 2.53. The maximum absolute atomic E-state index is 11.4. The molecule has 0 radical (unpaired) electrons. The zero-order valence-corrected chi connectivity index (χ0v) is 10.2. The van der Waals surface area contributed by atoms with Crippen LogP contribution >= 0.6 is 0 Å². The number of hydrogen-bond donors (Lipinski definition) is 0. The number of hydrogen-bond acceptors (Lipinski definition) is 3. The van der Waals surface area contributed by atoms with Gasteiger partial charge in [0.2, 0.25) is 0 Å². The molecule has 1 aliphatic rings. The molecule has 88 valence electrons. The van der Waals surface area contributed by atoms with Gasteiger partial charge in [-0.1, -0.05) is 30.3 Å². The highest BCUT2D eigenvalue weighted by molar-refractivity contribution is 7.91. The molecule has 1 aliphatic heterocycles. The van der Waals surface area contributed by atoms with Crippen molar-refractivity contribution in [2.75, 3.05) is 11.5 Å². The molecule has 0 N–H and O–H groups in total. The van der Waals surface area contributed by atoms with E-state index in [-0.39, 0.29) is 11.5 Å². The molecule has 1 aromatic carbocycles. The minimum atomic E-state index is -2.88. The van der Waals surface area contributed by atoms with E-state index >= 15 is 0 Å². The first-order valence-electron chi connectivity index (χ1n) is 5.37. The SMILES string of the molecule is C[C@@]1(OCc2ccccc2)CCS(=O)(=O)C1. The van der Waals surface area contributed by atoms with Gasteiger partial charge in [-0.25, -0.2) is 8.42 Å². The number of benzene rings is 1. The van der Waals surface area contributed by atoms with Crippen molar-refractivity contribution < 1.29 is 13.2 Å². The quantitative estimate of drug-likeness (QED) is 0.809. The topological polar surface area (TPSA) is 43.4 Å². The molecule has 0 bridgehead atoms. The maximum Gasteiger partial charge on any atom is 0.153 e. The fourth-order valence-electron chi connectivity index (χ4n) is 1.93. The summed E-state index contributed by atoms with van der Waals surface area (Å²) in [5.41, 5.74) is 0.572. The maximum atomic E-state index is 11.4. The van der Waals surface area contributed by atoms with E-state index in [1.807, 2.05) is 37.3 Å². The Morgan fingerprint density at radius 3 is 2.56 bits per heavy atom. The van der Waals surface area contributed by atoms with Crippen LogP contribution in [0.3, 0.4) is 0 Å². The van der Waals surface area contributed by atoms with Gasteiger partial charge in [-0.05, 0) is 18.9 Å². The number of ether oxygens (including phenoxy) is 1. The molecule has 1 aromatic rings. The van der Waals surface area contributed by atoms with Crippen molar-refractivity contribution in [1.29, 1.82) is 0 Å². The highest BCUT2D eigenvalue weighted by Gasteiger charge is 2.39. The molecule has 0 unspecified atom stereocenters. The Morgan fingerprint density at radius 2 is 2.00 bits per heavy atom. The Kier molecular flexibility index (Phi) is 3.04. The zero-order chi connectivity index (χ0) is 11.6. The van der Waals surface area contributed by atoms with Gasteiger partial charge in [0.15, 0.2) is 9.84 Å². The summed E-state index contributed by atoms with van der Waals surface area (Å²) in [5, 5.41) is 0. The van der Waals surface area contributed by atoms with Gasteiger partial charge in [-0.2, -0.15) is 0 Å². The van der Waals surface area contributed by atoms with Crippen molar-refractivity contribution in [3.05, 3.63) is 35.9 Å². The van der Waals surface area contributed by atoms with Gasteiger partial charge in [0, 0.05) is 0 Å². The van der Waals surface area contributed by atoms with Crippen molar-refractivity contribution >= 4 is 9.84 Å². The van der Waals surface area contributed by atoms with Crippen molar-refractivity contribution in [3.63, 3.8) is 0 Å². The van der Waals surface area contributed by atoms with Crippen LogP contribution in [0.4, 0.5) is 0 Å². The Balaban J connectivity index is 1.96. The molecular formula is C12H16O3S. The molecule has 0 spiro atoms. The van der Waals surface area contributed by atoms with Crippen LogP contribution in [0.1, 0.15) is 18.9 Å². The van der Waals surface area contributed by atoms with Crippen LogP contribution < -0.4 is 0 Å². The predicted octanol–water partition coefficient (Wildman–Crippen LogP) is 1.78. The van der Waals surface area contributed by atoms with Gasteiger partial charge in [0.25, 0.3) is 0 Å². The minimum Gasteiger partial charge on any atom is -0.370 e. The summed E-state index contributed by atoms with van der Waals surface area (Å²) in [6.07, 6.45) is 0.599. The van der Waals surface area contributed by atoms with Gasteiger partial charge < -0.3 is 4.74 Å². The number of sulfone groups is 1. The fourth-order valence-corrected chi connectivity index (χ4v) is 3.97. The molecule has 1 fully saturated rings. The van der Waals surface area contributed by atoms with E-state index in [2.05, 4.69) is 0 Å². The molecule has 1 saturated heterocycles. The third-order valence-corrected chi connectivity index (χ3v) is 4.77. The Bertz CT molecular complexity index is 452. The molecule has 0 aliphatic carbocycles. The summed E-state index contributed by atoms with van der Waals surface area (Å²) in [4.78, 5) is 0. The van der Waals surface area contributed by atoms with Gasteiger partial charge >= 0.3 is 0 Å². The third-order valence-electron chi connectivity index (χ3n) is 2.90. The average molecular weight is 240 g/mol. The lowest BCUT2D eigenvalue weighted by Gasteiger charge is -2.22. The molecule has 1 heterocycles. The van der Waals surface area contributed by atoms with E-state index in [4.69, 9.17) is 4.74 Å². The van der Waals surface area contributed by atoms with Crippen LogP contribution in [0.15, 0.2) is 30.3 Å². The molecule has 0 saturated carbocycles. The van der Waals surface area contributed by atoms with E-state index in [0.29, 0.717) is 13.0 Å². The largest absolute Gasteiger partial charge is 0.370 e. The van der Waals surface area contributed by atoms with Gasteiger partial charge in [-0.15, -0.1) is 0 Å². The van der Waals surface area contributed by atoms with Crippen LogP contribution in [0.25, 0.3) is 0 Å². The second kappa shape index (κ2) is 4.18. The van der Waals surface area contributed by atoms with Crippen molar-refractivity contribution in [2.24, 2.45) is 0 Å². The van der Waals surface area contributed by atoms with Crippen molar-refractivity contribution in [1.82, 2.24) is 0 Å². The molecule has 3 nitrogen and oxygen atoms in total. The number of rotatable bonds is 3. The van der Waals surface area contributed by atoms with E-state index < -0.39 is 15.4 Å². The second-order valence-electron chi connectivity index (χ2n) is 4.57. The molecule has 4 heteroatoms. The monoisotopic (exact) mass is 240 g/mol. The first-order chi connectivity index (χ1) is 7.49. The van der Waals surface area contributed by atoms with Crippen molar-refractivity contribution in [2.45, 2.75) is 25.6 Å². The summed E-state index contributed by atoms with van der Waals surface area (Å²) >= 11 is 0. The highest BCUT2D eigenvalue weighted by Crippen LogP contribution is 2.27. The zero-order valence-electron chi connectivity index (χ0n) is 9.35. The third kappa shape index (κ3) is 2.83. The predicted molar refractivity (Wildman–Crippen MR) is 62.9 cm³/mol. The lowest BCUT2D eigenvalue weighted by atomic mass is 10.1. The lowest BCUT2D eigenvalue weighted by Crippen LogP contribution is -2.29. The second-order valence-corrected chi connectivity index (χ2v) is 6.75. The molecule has 0 aromatic heterocycles. The minimum absolute atomic E-state index is 0.146. The summed E-state index contributed by atoms with van der Waals surface area (Å²) in [7, 11) is -2.88. The molecule has 1 atom stereocenters. The summed E-state index contributed by atoms with van der Waals surface area (Å²) in [6.45, 7) is 2.35. The fraction of sp³-hybridized carbons (Fsp3) is 0.500. The van der Waals surface area contributed by atoms with Gasteiger partial charge in [0.05, 0.1) is 23.7 Å².